The SMILES string of the molecule is CN(Cc1ccccc1)C(=O)Nc1nc2ccc(Cl)cc2s1. The van der Waals surface area contributed by atoms with Crippen molar-refractivity contribution in [2.24, 2.45) is 0 Å². The zero-order valence-corrected chi connectivity index (χ0v) is 13.5. The molecule has 6 heteroatoms. The first kappa shape index (κ1) is 14.8. The number of aromatic nitrogens is 1. The number of nitrogens with zero attached hydrogens (tertiary/aromatic N) is 2. The van der Waals surface area contributed by atoms with Gasteiger partial charge in [-0.15, -0.1) is 0 Å². The molecule has 0 aliphatic carbocycles. The number of urea groups is 1. The Labute approximate surface area is 137 Å². The molecular formula is C16H14ClN3OS. The van der Waals surface area contributed by atoms with Crippen molar-refractivity contribution >= 4 is 44.3 Å². The van der Waals surface area contributed by atoms with Crippen LogP contribution < -0.4 is 5.32 Å². The molecular weight excluding hydrogens is 318 g/mol. The number of benzene rings is 2. The van der Waals surface area contributed by atoms with Crippen LogP contribution in [0.25, 0.3) is 10.2 Å². The third-order valence-corrected chi connectivity index (χ3v) is 4.34. The van der Waals surface area contributed by atoms with Crippen LogP contribution in [0.15, 0.2) is 48.5 Å². The molecule has 0 saturated carbocycles. The molecule has 22 heavy (non-hydrogen) atoms. The Morgan fingerprint density at radius 3 is 2.82 bits per heavy atom. The fraction of sp³-hybridized carbons (Fsp3) is 0.125. The van der Waals surface area contributed by atoms with E-state index < -0.39 is 0 Å². The van der Waals surface area contributed by atoms with Crippen molar-refractivity contribution in [2.75, 3.05) is 12.4 Å². The van der Waals surface area contributed by atoms with Crippen LogP contribution in [0.4, 0.5) is 9.93 Å². The Balaban J connectivity index is 1.69. The first-order chi connectivity index (χ1) is 10.6. The molecule has 1 heterocycles. The molecule has 1 aromatic heterocycles. The first-order valence-electron chi connectivity index (χ1n) is 6.74. The molecule has 0 radical (unpaired) electrons. The van der Waals surface area contributed by atoms with Gasteiger partial charge < -0.3 is 4.90 Å². The van der Waals surface area contributed by atoms with Crippen molar-refractivity contribution in [3.8, 4) is 0 Å². The van der Waals surface area contributed by atoms with E-state index in [1.807, 2.05) is 42.5 Å². The average Bonchev–Trinajstić information content (AvgIpc) is 2.89. The zero-order chi connectivity index (χ0) is 15.5. The summed E-state index contributed by atoms with van der Waals surface area (Å²) in [6.07, 6.45) is 0. The van der Waals surface area contributed by atoms with Crippen molar-refractivity contribution in [3.05, 3.63) is 59.1 Å². The predicted octanol–water partition coefficient (Wildman–Crippen LogP) is 4.61. The van der Waals surface area contributed by atoms with Crippen LogP contribution in [0, 0.1) is 0 Å². The van der Waals surface area contributed by atoms with Crippen LogP contribution in [0.3, 0.4) is 0 Å². The third kappa shape index (κ3) is 3.37. The van der Waals surface area contributed by atoms with E-state index in [1.54, 1.807) is 18.0 Å². The number of halogens is 1. The van der Waals surface area contributed by atoms with Crippen molar-refractivity contribution in [3.63, 3.8) is 0 Å². The topological polar surface area (TPSA) is 45.2 Å². The molecule has 1 N–H and O–H groups in total. The highest BCUT2D eigenvalue weighted by Crippen LogP contribution is 2.28. The summed E-state index contributed by atoms with van der Waals surface area (Å²) >= 11 is 7.37. The van der Waals surface area contributed by atoms with Crippen LogP contribution in [-0.4, -0.2) is 23.0 Å². The molecule has 0 spiro atoms. The van der Waals surface area contributed by atoms with Gasteiger partial charge in [-0.1, -0.05) is 53.3 Å². The molecule has 0 atom stereocenters. The Bertz CT molecular complexity index is 804. The van der Waals surface area contributed by atoms with Gasteiger partial charge in [-0.3, -0.25) is 5.32 Å². The normalized spacial score (nSPS) is 10.6. The van der Waals surface area contributed by atoms with Crippen molar-refractivity contribution in [2.45, 2.75) is 6.54 Å². The Morgan fingerprint density at radius 1 is 1.27 bits per heavy atom. The molecule has 0 bridgehead atoms. The van der Waals surface area contributed by atoms with E-state index in [4.69, 9.17) is 11.6 Å². The number of thiazole rings is 1. The van der Waals surface area contributed by atoms with E-state index in [2.05, 4.69) is 10.3 Å². The third-order valence-electron chi connectivity index (χ3n) is 3.17. The van der Waals surface area contributed by atoms with Gasteiger partial charge in [-0.05, 0) is 23.8 Å². The second-order valence-electron chi connectivity index (χ2n) is 4.90. The Hall–Kier alpha value is -2.11. The van der Waals surface area contributed by atoms with Gasteiger partial charge in [0, 0.05) is 18.6 Å². The minimum Gasteiger partial charge on any atom is -0.323 e. The molecule has 0 unspecified atom stereocenters. The van der Waals surface area contributed by atoms with Gasteiger partial charge in [0.05, 0.1) is 10.2 Å². The van der Waals surface area contributed by atoms with Crippen molar-refractivity contribution < 1.29 is 4.79 Å². The molecule has 3 rings (SSSR count). The summed E-state index contributed by atoms with van der Waals surface area (Å²) in [4.78, 5) is 18.2. The standard InChI is InChI=1S/C16H14ClN3OS/c1-20(10-11-5-3-2-4-6-11)16(21)19-15-18-13-8-7-12(17)9-14(13)22-15/h2-9H,10H2,1H3,(H,18,19,21). The van der Waals surface area contributed by atoms with Crippen LogP contribution in [-0.2, 0) is 6.54 Å². The second kappa shape index (κ2) is 6.34. The molecule has 0 saturated heterocycles. The number of amides is 2. The summed E-state index contributed by atoms with van der Waals surface area (Å²) in [5, 5.41) is 4.06. The van der Waals surface area contributed by atoms with Crippen LogP contribution >= 0.6 is 22.9 Å². The molecule has 2 aromatic carbocycles. The molecule has 3 aromatic rings. The number of hydrogen-bond acceptors (Lipinski definition) is 3. The number of fused-ring (bicyclic) bond motifs is 1. The van der Waals surface area contributed by atoms with E-state index >= 15 is 0 Å². The monoisotopic (exact) mass is 331 g/mol. The highest BCUT2D eigenvalue weighted by Gasteiger charge is 2.12. The van der Waals surface area contributed by atoms with Gasteiger partial charge in [0.25, 0.3) is 0 Å². The fourth-order valence-electron chi connectivity index (χ4n) is 2.07. The number of hydrogen-bond donors (Lipinski definition) is 1. The van der Waals surface area contributed by atoms with Crippen molar-refractivity contribution in [1.29, 1.82) is 0 Å². The number of rotatable bonds is 3. The first-order valence-corrected chi connectivity index (χ1v) is 7.93. The maximum atomic E-state index is 12.2. The maximum absolute atomic E-state index is 12.2. The van der Waals surface area contributed by atoms with E-state index in [1.165, 1.54) is 11.3 Å². The number of nitrogens with one attached hydrogen (secondary N) is 1. The van der Waals surface area contributed by atoms with Gasteiger partial charge in [0.1, 0.15) is 0 Å². The van der Waals surface area contributed by atoms with E-state index in [9.17, 15) is 4.79 Å². The van der Waals surface area contributed by atoms with Gasteiger partial charge in [0.2, 0.25) is 0 Å². The predicted molar refractivity (Wildman–Crippen MR) is 91.6 cm³/mol. The summed E-state index contributed by atoms with van der Waals surface area (Å²) in [6.45, 7) is 0.545. The minimum absolute atomic E-state index is 0.186. The number of anilines is 1. The van der Waals surface area contributed by atoms with Crippen molar-refractivity contribution in [1.82, 2.24) is 9.88 Å². The molecule has 0 aliphatic rings. The van der Waals surface area contributed by atoms with Crippen LogP contribution in [0.1, 0.15) is 5.56 Å². The number of carbonyl (C=O) groups excluding carboxylic acids is 1. The molecule has 4 nitrogen and oxygen atoms in total. The Morgan fingerprint density at radius 2 is 2.05 bits per heavy atom. The van der Waals surface area contributed by atoms with Gasteiger partial charge in [-0.2, -0.15) is 0 Å². The highest BCUT2D eigenvalue weighted by atomic mass is 35.5. The van der Waals surface area contributed by atoms with Gasteiger partial charge >= 0.3 is 6.03 Å². The quantitative estimate of drug-likeness (QED) is 0.761. The summed E-state index contributed by atoms with van der Waals surface area (Å²) in [7, 11) is 1.76. The maximum Gasteiger partial charge on any atom is 0.323 e. The average molecular weight is 332 g/mol. The molecule has 112 valence electrons. The van der Waals surface area contributed by atoms with E-state index in [-0.39, 0.29) is 6.03 Å². The van der Waals surface area contributed by atoms with Gasteiger partial charge in [-0.25, -0.2) is 9.78 Å². The largest absolute Gasteiger partial charge is 0.323 e. The lowest BCUT2D eigenvalue weighted by atomic mass is 10.2. The fourth-order valence-corrected chi connectivity index (χ4v) is 3.20. The smallest absolute Gasteiger partial charge is 0.323 e. The van der Waals surface area contributed by atoms with E-state index in [0.29, 0.717) is 16.7 Å². The lowest BCUT2D eigenvalue weighted by molar-refractivity contribution is 0.220. The summed E-state index contributed by atoms with van der Waals surface area (Å²) < 4.78 is 0.952. The van der Waals surface area contributed by atoms with Crippen LogP contribution in [0.2, 0.25) is 5.02 Å². The van der Waals surface area contributed by atoms with Gasteiger partial charge in [0.15, 0.2) is 5.13 Å². The molecule has 2 amide bonds. The Kier molecular flexibility index (Phi) is 4.27. The van der Waals surface area contributed by atoms with E-state index in [0.717, 1.165) is 15.8 Å². The lowest BCUT2D eigenvalue weighted by Crippen LogP contribution is -2.30. The second-order valence-corrected chi connectivity index (χ2v) is 6.37. The van der Waals surface area contributed by atoms with Crippen LogP contribution in [0.5, 0.6) is 0 Å². The zero-order valence-electron chi connectivity index (χ0n) is 11.9. The molecule has 0 fully saturated rings. The minimum atomic E-state index is -0.186. The highest BCUT2D eigenvalue weighted by molar-refractivity contribution is 7.22. The lowest BCUT2D eigenvalue weighted by Gasteiger charge is -2.16. The summed E-state index contributed by atoms with van der Waals surface area (Å²) in [5.74, 6) is 0. The molecule has 0 aliphatic heterocycles. The number of carbonyl (C=O) groups is 1. The summed E-state index contributed by atoms with van der Waals surface area (Å²) in [5.41, 5.74) is 1.91. The summed E-state index contributed by atoms with van der Waals surface area (Å²) in [6, 6.07) is 15.1.